The minimum Gasteiger partial charge on any atom is -0.468 e. The van der Waals surface area contributed by atoms with E-state index in [1.165, 1.54) is 37.5 Å². The minimum atomic E-state index is -0.767. The summed E-state index contributed by atoms with van der Waals surface area (Å²) < 4.78 is 8.98. The Morgan fingerprint density at radius 1 is 1.26 bits per heavy atom. The Morgan fingerprint density at radius 2 is 1.91 bits per heavy atom. The number of nitrogens with zero attached hydrogens (tertiary/aromatic N) is 1. The van der Waals surface area contributed by atoms with Crippen LogP contribution in [0.4, 0.5) is 5.69 Å². The van der Waals surface area contributed by atoms with Gasteiger partial charge in [0.05, 0.1) is 12.0 Å². The smallest absolute Gasteiger partial charge is 0.331 e. The highest BCUT2D eigenvalue weighted by Gasteiger charge is 2.07. The van der Waals surface area contributed by atoms with Crippen molar-refractivity contribution in [1.29, 1.82) is 0 Å². The molecule has 1 aromatic carbocycles. The largest absolute Gasteiger partial charge is 0.468 e. The third-order valence-corrected chi connectivity index (χ3v) is 2.52. The highest BCUT2D eigenvalue weighted by molar-refractivity contribution is 5.89. The van der Waals surface area contributed by atoms with E-state index in [-0.39, 0.29) is 12.2 Å². The van der Waals surface area contributed by atoms with E-state index in [2.05, 4.69) is 14.8 Å². The third kappa shape index (κ3) is 6.85. The van der Waals surface area contributed by atoms with Crippen molar-refractivity contribution in [1.82, 2.24) is 5.32 Å². The molecule has 1 aromatic rings. The van der Waals surface area contributed by atoms with Crippen LogP contribution in [-0.4, -0.2) is 43.0 Å². The van der Waals surface area contributed by atoms with Gasteiger partial charge in [-0.05, 0) is 23.8 Å². The molecule has 0 aromatic heterocycles. The lowest BCUT2D eigenvalue weighted by Gasteiger charge is -2.03. The van der Waals surface area contributed by atoms with E-state index in [1.54, 1.807) is 0 Å². The van der Waals surface area contributed by atoms with Gasteiger partial charge in [0, 0.05) is 18.2 Å². The number of hydrogen-bond donors (Lipinski definition) is 1. The molecule has 0 fully saturated rings. The maximum atomic E-state index is 11.4. The van der Waals surface area contributed by atoms with Crippen molar-refractivity contribution in [2.75, 3.05) is 20.3 Å². The zero-order chi connectivity index (χ0) is 17.2. The topological polar surface area (TPSA) is 125 Å². The van der Waals surface area contributed by atoms with Crippen LogP contribution in [0, 0.1) is 10.1 Å². The minimum absolute atomic E-state index is 0.0630. The lowest BCUT2D eigenvalue weighted by Crippen LogP contribution is -2.33. The van der Waals surface area contributed by atoms with Gasteiger partial charge in [0.25, 0.3) is 11.6 Å². The molecule has 9 heteroatoms. The Labute approximate surface area is 131 Å². The number of nitro benzene ring substituents is 1. The third-order valence-electron chi connectivity index (χ3n) is 2.52. The highest BCUT2D eigenvalue weighted by atomic mass is 16.6. The molecule has 9 nitrogen and oxygen atoms in total. The fourth-order valence-electron chi connectivity index (χ4n) is 1.35. The first-order valence-electron chi connectivity index (χ1n) is 6.35. The lowest BCUT2D eigenvalue weighted by molar-refractivity contribution is -0.384. The van der Waals surface area contributed by atoms with E-state index in [9.17, 15) is 24.5 Å². The molecule has 122 valence electrons. The Bertz CT molecular complexity index is 623. The van der Waals surface area contributed by atoms with Gasteiger partial charge >= 0.3 is 11.9 Å². The quantitative estimate of drug-likeness (QED) is 0.334. The molecule has 0 radical (unpaired) electrons. The normalized spacial score (nSPS) is 10.1. The van der Waals surface area contributed by atoms with Crippen molar-refractivity contribution < 1.29 is 28.8 Å². The van der Waals surface area contributed by atoms with Gasteiger partial charge in [-0.15, -0.1) is 0 Å². The van der Waals surface area contributed by atoms with Crippen LogP contribution < -0.4 is 5.32 Å². The summed E-state index contributed by atoms with van der Waals surface area (Å²) >= 11 is 0. The van der Waals surface area contributed by atoms with Gasteiger partial charge in [0.2, 0.25) is 0 Å². The number of carbonyl (C=O) groups is 3. The molecule has 0 unspecified atom stereocenters. The van der Waals surface area contributed by atoms with E-state index in [0.29, 0.717) is 5.56 Å². The van der Waals surface area contributed by atoms with E-state index in [4.69, 9.17) is 0 Å². The summed E-state index contributed by atoms with van der Waals surface area (Å²) in [6.07, 6.45) is 2.47. The summed E-state index contributed by atoms with van der Waals surface area (Å²) in [5.41, 5.74) is 0.495. The molecule has 0 spiro atoms. The maximum absolute atomic E-state index is 11.4. The standard InChI is InChI=1S/C14H14N2O7/c1-22-14(19)8-15-12(17)9-23-13(18)7-4-10-2-5-11(6-3-10)16(20)21/h2-7H,8-9H2,1H3,(H,15,17)/b7-4+. The molecule has 0 heterocycles. The first-order valence-corrected chi connectivity index (χ1v) is 6.35. The number of benzene rings is 1. The summed E-state index contributed by atoms with van der Waals surface area (Å²) in [5, 5.41) is 12.7. The lowest BCUT2D eigenvalue weighted by atomic mass is 10.2. The van der Waals surface area contributed by atoms with E-state index in [0.717, 1.165) is 6.08 Å². The zero-order valence-corrected chi connectivity index (χ0v) is 12.2. The van der Waals surface area contributed by atoms with Gasteiger partial charge in [-0.2, -0.15) is 0 Å². The molecule has 0 aliphatic carbocycles. The van der Waals surface area contributed by atoms with Crippen molar-refractivity contribution in [3.63, 3.8) is 0 Å². The number of amides is 1. The average Bonchev–Trinajstić information content (AvgIpc) is 2.56. The van der Waals surface area contributed by atoms with Crippen LogP contribution in [-0.2, 0) is 23.9 Å². The summed E-state index contributed by atoms with van der Waals surface area (Å²) in [6, 6.07) is 5.52. The van der Waals surface area contributed by atoms with Crippen molar-refractivity contribution in [2.45, 2.75) is 0 Å². The van der Waals surface area contributed by atoms with Crippen LogP contribution in [0.3, 0.4) is 0 Å². The molecule has 0 saturated heterocycles. The van der Waals surface area contributed by atoms with Crippen molar-refractivity contribution in [2.24, 2.45) is 0 Å². The van der Waals surface area contributed by atoms with Crippen LogP contribution in [0.1, 0.15) is 5.56 Å². The first kappa shape index (κ1) is 17.8. The van der Waals surface area contributed by atoms with Crippen LogP contribution in [0.5, 0.6) is 0 Å². The van der Waals surface area contributed by atoms with Crippen LogP contribution in [0.2, 0.25) is 0 Å². The first-order chi connectivity index (χ1) is 10.9. The molecule has 1 rings (SSSR count). The molecular weight excluding hydrogens is 308 g/mol. The Kier molecular flexibility index (Phi) is 6.92. The second kappa shape index (κ2) is 8.93. The van der Waals surface area contributed by atoms with Gasteiger partial charge in [0.1, 0.15) is 6.54 Å². The van der Waals surface area contributed by atoms with Gasteiger partial charge < -0.3 is 14.8 Å². The number of nitro groups is 1. The summed E-state index contributed by atoms with van der Waals surface area (Å²) in [6.45, 7) is -0.855. The predicted molar refractivity (Wildman–Crippen MR) is 78.1 cm³/mol. The summed E-state index contributed by atoms with van der Waals surface area (Å²) in [4.78, 5) is 43.4. The molecule has 0 atom stereocenters. The van der Waals surface area contributed by atoms with E-state index in [1.807, 2.05) is 0 Å². The summed E-state index contributed by atoms with van der Waals surface area (Å²) in [5.74, 6) is -2.04. The predicted octanol–water partition coefficient (Wildman–Crippen LogP) is 0.440. The van der Waals surface area contributed by atoms with Gasteiger partial charge in [-0.1, -0.05) is 0 Å². The SMILES string of the molecule is COC(=O)CNC(=O)COC(=O)/C=C/c1ccc([N+](=O)[O-])cc1. The number of carbonyl (C=O) groups excluding carboxylic acids is 3. The Morgan fingerprint density at radius 3 is 2.48 bits per heavy atom. The van der Waals surface area contributed by atoms with Crippen LogP contribution >= 0.6 is 0 Å². The molecule has 0 aliphatic heterocycles. The van der Waals surface area contributed by atoms with Crippen LogP contribution in [0.15, 0.2) is 30.3 Å². The van der Waals surface area contributed by atoms with E-state index >= 15 is 0 Å². The average molecular weight is 322 g/mol. The van der Waals surface area contributed by atoms with Gasteiger partial charge in [-0.3, -0.25) is 19.7 Å². The molecule has 0 aliphatic rings. The monoisotopic (exact) mass is 322 g/mol. The Hall–Kier alpha value is -3.23. The second-order valence-corrected chi connectivity index (χ2v) is 4.14. The number of methoxy groups -OCH3 is 1. The summed E-state index contributed by atoms with van der Waals surface area (Å²) in [7, 11) is 1.18. The fraction of sp³-hybridized carbons (Fsp3) is 0.214. The van der Waals surface area contributed by atoms with Crippen molar-refractivity contribution >= 4 is 29.6 Å². The fourth-order valence-corrected chi connectivity index (χ4v) is 1.35. The zero-order valence-electron chi connectivity index (χ0n) is 12.2. The number of non-ortho nitro benzene ring substituents is 1. The maximum Gasteiger partial charge on any atom is 0.331 e. The van der Waals surface area contributed by atoms with E-state index < -0.39 is 29.4 Å². The van der Waals surface area contributed by atoms with Crippen molar-refractivity contribution in [3.05, 3.63) is 46.0 Å². The second-order valence-electron chi connectivity index (χ2n) is 4.14. The molecule has 0 saturated carbocycles. The van der Waals surface area contributed by atoms with Crippen LogP contribution in [0.25, 0.3) is 6.08 Å². The Balaban J connectivity index is 2.39. The van der Waals surface area contributed by atoms with Gasteiger partial charge in [-0.25, -0.2) is 4.79 Å². The van der Waals surface area contributed by atoms with Crippen molar-refractivity contribution in [3.8, 4) is 0 Å². The molecular formula is C14H14N2O7. The van der Waals surface area contributed by atoms with Gasteiger partial charge in [0.15, 0.2) is 6.61 Å². The molecule has 1 N–H and O–H groups in total. The number of esters is 2. The molecule has 0 bridgehead atoms. The number of rotatable bonds is 7. The molecule has 1 amide bonds. The number of nitrogens with one attached hydrogen (secondary N) is 1. The molecule has 23 heavy (non-hydrogen) atoms. The highest BCUT2D eigenvalue weighted by Crippen LogP contribution is 2.12. The number of ether oxygens (including phenoxy) is 2. The number of hydrogen-bond acceptors (Lipinski definition) is 7.